The topological polar surface area (TPSA) is 135 Å². The third kappa shape index (κ3) is 7.75. The Morgan fingerprint density at radius 2 is 1.82 bits per heavy atom. The normalized spacial score (nSPS) is 18.8. The predicted octanol–water partition coefficient (Wildman–Crippen LogP) is 3.10. The molecule has 2 aromatic rings. The van der Waals surface area contributed by atoms with Crippen LogP contribution in [0.1, 0.15) is 47.7 Å². The van der Waals surface area contributed by atoms with E-state index in [1.165, 1.54) is 5.56 Å². The minimum absolute atomic E-state index is 0.159. The molecule has 0 spiro atoms. The van der Waals surface area contributed by atoms with Crippen molar-refractivity contribution in [3.05, 3.63) is 71.3 Å². The molecule has 0 unspecified atom stereocenters. The van der Waals surface area contributed by atoms with Crippen LogP contribution in [0.3, 0.4) is 0 Å². The van der Waals surface area contributed by atoms with Crippen LogP contribution in [-0.2, 0) is 20.3 Å². The van der Waals surface area contributed by atoms with Crippen molar-refractivity contribution in [2.45, 2.75) is 38.1 Å². The summed E-state index contributed by atoms with van der Waals surface area (Å²) in [5, 5.41) is 4.28. The van der Waals surface area contributed by atoms with Gasteiger partial charge in [0.15, 0.2) is 0 Å². The highest BCUT2D eigenvalue weighted by Crippen LogP contribution is 2.37. The summed E-state index contributed by atoms with van der Waals surface area (Å²) in [7, 11) is -4.61. The first-order valence-corrected chi connectivity index (χ1v) is 12.8. The zero-order valence-electron chi connectivity index (χ0n) is 19.3. The highest BCUT2D eigenvalue weighted by molar-refractivity contribution is 7.46. The van der Waals surface area contributed by atoms with Gasteiger partial charge >= 0.3 is 7.82 Å². The molecule has 2 aromatic carbocycles. The zero-order chi connectivity index (χ0) is 24.6. The lowest BCUT2D eigenvalue weighted by Crippen LogP contribution is -2.47. The van der Waals surface area contributed by atoms with E-state index in [1.54, 1.807) is 17.0 Å². The Kier molecular flexibility index (Phi) is 8.99. The van der Waals surface area contributed by atoms with Crippen molar-refractivity contribution in [1.29, 1.82) is 0 Å². The van der Waals surface area contributed by atoms with Gasteiger partial charge in [0, 0.05) is 18.7 Å². The van der Waals surface area contributed by atoms with Gasteiger partial charge in [0.2, 0.25) is 0 Å². The van der Waals surface area contributed by atoms with E-state index in [0.717, 1.165) is 24.1 Å². The van der Waals surface area contributed by atoms with E-state index >= 15 is 0 Å². The van der Waals surface area contributed by atoms with Gasteiger partial charge in [-0.15, -0.1) is 0 Å². The van der Waals surface area contributed by atoms with Gasteiger partial charge in [0.25, 0.3) is 5.91 Å². The number of likely N-dealkylation sites (tertiary alicyclic amines) is 1. The average molecular weight is 490 g/mol. The average Bonchev–Trinajstić information content (AvgIpc) is 3.23. The monoisotopic (exact) mass is 489 g/mol. The first-order chi connectivity index (χ1) is 16.2. The lowest BCUT2D eigenvalue weighted by atomic mass is 10.0. The molecule has 34 heavy (non-hydrogen) atoms. The second kappa shape index (κ2) is 11.7. The van der Waals surface area contributed by atoms with Gasteiger partial charge in [-0.25, -0.2) is 4.57 Å². The zero-order valence-corrected chi connectivity index (χ0v) is 20.2. The van der Waals surface area contributed by atoms with Crippen LogP contribution in [0.15, 0.2) is 59.8 Å². The van der Waals surface area contributed by atoms with Gasteiger partial charge in [0.1, 0.15) is 6.61 Å². The number of aryl methyl sites for hydroxylation is 1. The molecule has 184 valence electrons. The first kappa shape index (κ1) is 26.1. The van der Waals surface area contributed by atoms with E-state index in [-0.39, 0.29) is 19.1 Å². The van der Waals surface area contributed by atoms with E-state index in [9.17, 15) is 9.36 Å². The Hall–Kier alpha value is -2.55. The fourth-order valence-corrected chi connectivity index (χ4v) is 4.24. The fraction of sp³-hybridized carbons (Fsp3) is 0.417. The van der Waals surface area contributed by atoms with Crippen LogP contribution in [0.5, 0.6) is 0 Å². The lowest BCUT2D eigenvalue weighted by molar-refractivity contribution is 0.0774. The van der Waals surface area contributed by atoms with Crippen LogP contribution in [-0.4, -0.2) is 58.1 Å². The Morgan fingerprint density at radius 3 is 2.47 bits per heavy atom. The lowest BCUT2D eigenvalue weighted by Gasteiger charge is -2.24. The number of phosphoric ester groups is 1. The number of phosphoric acid groups is 1. The summed E-state index contributed by atoms with van der Waals surface area (Å²) in [5.74, 6) is -0.192. The fourth-order valence-electron chi connectivity index (χ4n) is 3.82. The van der Waals surface area contributed by atoms with Crippen molar-refractivity contribution < 1.29 is 28.5 Å². The van der Waals surface area contributed by atoms with Crippen molar-refractivity contribution in [1.82, 2.24) is 4.90 Å². The number of benzene rings is 2. The number of carbonyl (C=O) groups is 1. The van der Waals surface area contributed by atoms with Crippen molar-refractivity contribution in [2.24, 2.45) is 10.9 Å². The molecule has 3 rings (SSSR count). The number of hydrogen-bond acceptors (Lipinski definition) is 6. The Morgan fingerprint density at radius 1 is 1.15 bits per heavy atom. The Bertz CT molecular complexity index is 1020. The molecule has 0 bridgehead atoms. The molecule has 1 atom stereocenters. The summed E-state index contributed by atoms with van der Waals surface area (Å²) in [6.45, 7) is 2.75. The summed E-state index contributed by atoms with van der Waals surface area (Å²) in [6.07, 6.45) is 2.88. The van der Waals surface area contributed by atoms with Crippen LogP contribution in [0, 0.1) is 0 Å². The molecular weight excluding hydrogens is 457 g/mol. The van der Waals surface area contributed by atoms with Crippen molar-refractivity contribution >= 4 is 19.4 Å². The molecule has 4 N–H and O–H groups in total. The number of oxime groups is 1. The number of rotatable bonds is 11. The maximum atomic E-state index is 12.9. The van der Waals surface area contributed by atoms with Crippen LogP contribution in [0.2, 0.25) is 0 Å². The molecule has 1 saturated heterocycles. The van der Waals surface area contributed by atoms with Gasteiger partial charge in [-0.3, -0.25) is 9.32 Å². The summed E-state index contributed by atoms with van der Waals surface area (Å²) in [4.78, 5) is 37.8. The number of amides is 1. The van der Waals surface area contributed by atoms with E-state index in [4.69, 9.17) is 20.4 Å². The minimum atomic E-state index is -4.61. The molecule has 1 aliphatic heterocycles. The molecule has 1 fully saturated rings. The summed E-state index contributed by atoms with van der Waals surface area (Å²) in [5.41, 5.74) is 8.63. The molecule has 0 aliphatic carbocycles. The van der Waals surface area contributed by atoms with Crippen molar-refractivity contribution in [2.75, 3.05) is 26.3 Å². The maximum Gasteiger partial charge on any atom is 0.469 e. The second-order valence-corrected chi connectivity index (χ2v) is 9.73. The predicted molar refractivity (Wildman–Crippen MR) is 129 cm³/mol. The molecule has 0 aromatic heterocycles. The smallest absolute Gasteiger partial charge is 0.396 e. The Labute approximate surface area is 199 Å². The summed E-state index contributed by atoms with van der Waals surface area (Å²) >= 11 is 0. The number of nitrogens with zero attached hydrogens (tertiary/aromatic N) is 2. The standard InChI is InChI=1S/C24H32N3O6P/c1-2-22(26-32-16-6-9-19-7-4-3-5-8-19)20-10-12-21(13-11-20)23(28)27-15-14-24(25,17-27)18-33-34(29,30)31/h3-5,7-8,10-13H,2,6,9,14-18,25H2,1H3,(H2,29,30,31)/b26-22+/t24-/m1/s1. The number of carbonyl (C=O) groups excluding carboxylic acids is 1. The summed E-state index contributed by atoms with van der Waals surface area (Å²) < 4.78 is 15.5. The molecule has 10 heteroatoms. The van der Waals surface area contributed by atoms with Crippen LogP contribution in [0.25, 0.3) is 0 Å². The van der Waals surface area contributed by atoms with Crippen LogP contribution in [0.4, 0.5) is 0 Å². The molecule has 0 saturated carbocycles. The van der Waals surface area contributed by atoms with E-state index < -0.39 is 13.4 Å². The molecule has 0 radical (unpaired) electrons. The molecular formula is C24H32N3O6P. The van der Waals surface area contributed by atoms with Crippen LogP contribution >= 0.6 is 7.82 Å². The van der Waals surface area contributed by atoms with E-state index in [0.29, 0.717) is 31.6 Å². The van der Waals surface area contributed by atoms with Gasteiger partial charge < -0.3 is 25.3 Å². The highest BCUT2D eigenvalue weighted by atomic mass is 31.2. The first-order valence-electron chi connectivity index (χ1n) is 11.3. The van der Waals surface area contributed by atoms with Gasteiger partial charge in [-0.1, -0.05) is 54.5 Å². The van der Waals surface area contributed by atoms with Gasteiger partial charge in [-0.05, 0) is 48.9 Å². The third-order valence-electron chi connectivity index (χ3n) is 5.71. The van der Waals surface area contributed by atoms with E-state index in [1.807, 2.05) is 37.3 Å². The molecule has 1 aliphatic rings. The SMILES string of the molecule is CC/C(=N\OCCCc1ccccc1)c1ccc(C(=O)N2CC[C@](N)(COP(=O)(O)O)C2)cc1. The highest BCUT2D eigenvalue weighted by Gasteiger charge is 2.38. The second-order valence-electron chi connectivity index (χ2n) is 8.49. The summed E-state index contributed by atoms with van der Waals surface area (Å²) in [6, 6.07) is 17.4. The molecule has 1 heterocycles. The molecule has 1 amide bonds. The largest absolute Gasteiger partial charge is 0.469 e. The number of nitrogens with two attached hydrogens (primary N) is 1. The maximum absolute atomic E-state index is 12.9. The van der Waals surface area contributed by atoms with Crippen molar-refractivity contribution in [3.63, 3.8) is 0 Å². The van der Waals surface area contributed by atoms with Crippen molar-refractivity contribution in [3.8, 4) is 0 Å². The Balaban J connectivity index is 1.52. The van der Waals surface area contributed by atoms with E-state index in [2.05, 4.69) is 21.8 Å². The van der Waals surface area contributed by atoms with Gasteiger partial charge in [-0.2, -0.15) is 0 Å². The number of hydrogen-bond donors (Lipinski definition) is 3. The molecule has 9 nitrogen and oxygen atoms in total. The van der Waals surface area contributed by atoms with Gasteiger partial charge in [0.05, 0.1) is 17.9 Å². The quantitative estimate of drug-likeness (QED) is 0.191. The third-order valence-corrected chi connectivity index (χ3v) is 6.18. The van der Waals surface area contributed by atoms with Crippen LogP contribution < -0.4 is 5.73 Å². The minimum Gasteiger partial charge on any atom is -0.396 e.